The summed E-state index contributed by atoms with van der Waals surface area (Å²) >= 11 is 5.90. The molecule has 158 valence electrons. The van der Waals surface area contributed by atoms with Gasteiger partial charge < -0.3 is 14.4 Å². The molecule has 2 heterocycles. The molecule has 0 radical (unpaired) electrons. The number of halogens is 1. The fourth-order valence-corrected chi connectivity index (χ4v) is 4.08. The van der Waals surface area contributed by atoms with Gasteiger partial charge in [-0.15, -0.1) is 0 Å². The molecule has 1 N–H and O–H groups in total. The number of rotatable bonds is 6. The largest absolute Gasteiger partial charge is 0.489 e. The van der Waals surface area contributed by atoms with Crippen molar-refractivity contribution in [3.63, 3.8) is 0 Å². The second-order valence-corrected chi connectivity index (χ2v) is 8.41. The normalized spacial score (nSPS) is 17.8. The van der Waals surface area contributed by atoms with Gasteiger partial charge in [0, 0.05) is 36.9 Å². The second kappa shape index (κ2) is 7.87. The van der Waals surface area contributed by atoms with Crippen molar-refractivity contribution in [2.24, 2.45) is 13.0 Å². The molecule has 1 saturated carbocycles. The number of fused-ring (bicyclic) bond motifs is 1. The molecule has 31 heavy (non-hydrogen) atoms. The molecule has 0 bridgehead atoms. The first kappa shape index (κ1) is 19.8. The molecule has 5 rings (SSSR count). The number of aliphatic hydroxyl groups excluding tert-OH is 1. The van der Waals surface area contributed by atoms with Crippen LogP contribution in [0.25, 0.3) is 16.7 Å². The Labute approximate surface area is 184 Å². The SMILES string of the molecule is Cn1c(C2CC2CO)nc2ccc(-n3ccc(OCc4ccc(Cl)cc4)cc3=O)cc21. The summed E-state index contributed by atoms with van der Waals surface area (Å²) in [7, 11) is 1.98. The number of aliphatic hydroxyl groups is 1. The van der Waals surface area contributed by atoms with Gasteiger partial charge in [-0.1, -0.05) is 23.7 Å². The number of pyridine rings is 1. The Morgan fingerprint density at radius 1 is 1.16 bits per heavy atom. The highest BCUT2D eigenvalue weighted by atomic mass is 35.5. The molecule has 6 nitrogen and oxygen atoms in total. The van der Waals surface area contributed by atoms with E-state index in [1.54, 1.807) is 16.8 Å². The van der Waals surface area contributed by atoms with Gasteiger partial charge in [-0.25, -0.2) is 4.98 Å². The minimum absolute atomic E-state index is 0.169. The van der Waals surface area contributed by atoms with E-state index >= 15 is 0 Å². The summed E-state index contributed by atoms with van der Waals surface area (Å²) in [4.78, 5) is 17.5. The first-order chi connectivity index (χ1) is 15.0. The van der Waals surface area contributed by atoms with Crippen LogP contribution < -0.4 is 10.3 Å². The molecule has 4 aromatic rings. The van der Waals surface area contributed by atoms with E-state index in [1.165, 1.54) is 6.07 Å². The second-order valence-electron chi connectivity index (χ2n) is 7.97. The number of aromatic nitrogens is 3. The van der Waals surface area contributed by atoms with Crippen LogP contribution in [0.1, 0.15) is 23.7 Å². The van der Waals surface area contributed by atoms with Crippen molar-refractivity contribution >= 4 is 22.6 Å². The number of ether oxygens (including phenoxy) is 1. The van der Waals surface area contributed by atoms with Gasteiger partial charge in [-0.3, -0.25) is 9.36 Å². The molecule has 2 aromatic heterocycles. The lowest BCUT2D eigenvalue weighted by Gasteiger charge is -2.10. The van der Waals surface area contributed by atoms with Crippen LogP contribution in [0, 0.1) is 5.92 Å². The van der Waals surface area contributed by atoms with Crippen molar-refractivity contribution in [3.8, 4) is 11.4 Å². The van der Waals surface area contributed by atoms with Gasteiger partial charge in [0.05, 0.1) is 16.7 Å². The van der Waals surface area contributed by atoms with Gasteiger partial charge >= 0.3 is 0 Å². The fraction of sp³-hybridized carbons (Fsp3) is 0.250. The number of nitrogens with zero attached hydrogens (tertiary/aromatic N) is 3. The molecule has 2 atom stereocenters. The Morgan fingerprint density at radius 2 is 1.97 bits per heavy atom. The van der Waals surface area contributed by atoms with Crippen molar-refractivity contribution in [3.05, 3.63) is 87.6 Å². The van der Waals surface area contributed by atoms with Crippen LogP contribution in [-0.2, 0) is 13.7 Å². The molecule has 1 fully saturated rings. The topological polar surface area (TPSA) is 69.3 Å². The van der Waals surface area contributed by atoms with E-state index in [4.69, 9.17) is 21.3 Å². The number of aryl methyl sites for hydroxylation is 1. The van der Waals surface area contributed by atoms with E-state index in [-0.39, 0.29) is 12.2 Å². The third kappa shape index (κ3) is 3.84. The Morgan fingerprint density at radius 3 is 2.68 bits per heavy atom. The molecule has 0 saturated heterocycles. The quantitative estimate of drug-likeness (QED) is 0.496. The van der Waals surface area contributed by atoms with Crippen LogP contribution >= 0.6 is 11.6 Å². The predicted octanol–water partition coefficient (Wildman–Crippen LogP) is 4.05. The highest BCUT2D eigenvalue weighted by Crippen LogP contribution is 2.46. The predicted molar refractivity (Wildman–Crippen MR) is 120 cm³/mol. The molecule has 0 amide bonds. The minimum atomic E-state index is -0.169. The summed E-state index contributed by atoms with van der Waals surface area (Å²) in [6.45, 7) is 0.557. The highest BCUT2D eigenvalue weighted by molar-refractivity contribution is 6.30. The molecule has 1 aliphatic rings. The minimum Gasteiger partial charge on any atom is -0.489 e. The van der Waals surface area contributed by atoms with Crippen LogP contribution in [-0.4, -0.2) is 25.8 Å². The lowest BCUT2D eigenvalue weighted by atomic mass is 10.2. The van der Waals surface area contributed by atoms with Crippen LogP contribution in [0.4, 0.5) is 0 Å². The van der Waals surface area contributed by atoms with Crippen molar-refractivity contribution in [1.82, 2.24) is 14.1 Å². The highest BCUT2D eigenvalue weighted by Gasteiger charge is 2.40. The van der Waals surface area contributed by atoms with E-state index in [9.17, 15) is 9.90 Å². The molecule has 7 heteroatoms. The monoisotopic (exact) mass is 435 g/mol. The summed E-state index contributed by atoms with van der Waals surface area (Å²) in [6, 6.07) is 16.5. The average Bonchev–Trinajstić information content (AvgIpc) is 3.49. The molecule has 2 unspecified atom stereocenters. The van der Waals surface area contributed by atoms with E-state index in [1.807, 2.05) is 49.5 Å². The summed E-state index contributed by atoms with van der Waals surface area (Å²) in [5.74, 6) is 2.12. The summed E-state index contributed by atoms with van der Waals surface area (Å²) in [5.41, 5.74) is 3.43. The molecular weight excluding hydrogens is 414 g/mol. The van der Waals surface area contributed by atoms with Gasteiger partial charge in [0.1, 0.15) is 18.2 Å². The van der Waals surface area contributed by atoms with Gasteiger partial charge in [0.25, 0.3) is 5.56 Å². The Kier molecular flexibility index (Phi) is 5.04. The third-order valence-corrected chi connectivity index (χ3v) is 6.13. The average molecular weight is 436 g/mol. The Hall–Kier alpha value is -3.09. The van der Waals surface area contributed by atoms with E-state index in [0.29, 0.717) is 29.2 Å². The van der Waals surface area contributed by atoms with E-state index in [2.05, 4.69) is 4.57 Å². The van der Waals surface area contributed by atoms with Crippen molar-refractivity contribution < 1.29 is 9.84 Å². The Balaban J connectivity index is 1.38. The van der Waals surface area contributed by atoms with Gasteiger partial charge in [0.2, 0.25) is 0 Å². The zero-order valence-electron chi connectivity index (χ0n) is 17.0. The van der Waals surface area contributed by atoms with Gasteiger partial charge in [0.15, 0.2) is 0 Å². The zero-order chi connectivity index (χ0) is 21.5. The number of benzene rings is 2. The number of imidazole rings is 1. The maximum absolute atomic E-state index is 12.7. The van der Waals surface area contributed by atoms with Crippen molar-refractivity contribution in [1.29, 1.82) is 0 Å². The standard InChI is InChI=1S/C24H22ClN3O3/c1-27-22-11-18(6-7-21(22)26-24(27)20-10-16(20)13-29)28-9-8-19(12-23(28)30)31-14-15-2-4-17(25)5-3-15/h2-9,11-12,16,20,29H,10,13-14H2,1H3. The number of hydrogen-bond acceptors (Lipinski definition) is 4. The van der Waals surface area contributed by atoms with Crippen LogP contribution in [0.15, 0.2) is 65.6 Å². The van der Waals surface area contributed by atoms with Gasteiger partial charge in [-0.2, -0.15) is 0 Å². The fourth-order valence-electron chi connectivity index (χ4n) is 3.96. The summed E-state index contributed by atoms with van der Waals surface area (Å²) in [6.07, 6.45) is 2.69. The number of hydrogen-bond donors (Lipinski definition) is 1. The first-order valence-corrected chi connectivity index (χ1v) is 10.6. The smallest absolute Gasteiger partial charge is 0.258 e. The lowest BCUT2D eigenvalue weighted by molar-refractivity contribution is 0.273. The van der Waals surface area contributed by atoms with Crippen molar-refractivity contribution in [2.45, 2.75) is 18.9 Å². The molecular formula is C24H22ClN3O3. The Bertz CT molecular complexity index is 1310. The summed E-state index contributed by atoms with van der Waals surface area (Å²) < 4.78 is 9.41. The lowest BCUT2D eigenvalue weighted by Crippen LogP contribution is -2.16. The molecule has 0 aliphatic heterocycles. The van der Waals surface area contributed by atoms with Crippen LogP contribution in [0.3, 0.4) is 0 Å². The van der Waals surface area contributed by atoms with Gasteiger partial charge in [-0.05, 0) is 54.3 Å². The molecule has 1 aliphatic carbocycles. The van der Waals surface area contributed by atoms with Crippen LogP contribution in [0.5, 0.6) is 5.75 Å². The van der Waals surface area contributed by atoms with E-state index < -0.39 is 0 Å². The molecule has 2 aromatic carbocycles. The maximum atomic E-state index is 12.7. The zero-order valence-corrected chi connectivity index (χ0v) is 17.8. The third-order valence-electron chi connectivity index (χ3n) is 5.88. The van der Waals surface area contributed by atoms with Crippen LogP contribution in [0.2, 0.25) is 5.02 Å². The molecule has 0 spiro atoms. The maximum Gasteiger partial charge on any atom is 0.258 e. The first-order valence-electron chi connectivity index (χ1n) is 10.2. The van der Waals surface area contributed by atoms with E-state index in [0.717, 1.165) is 34.5 Å². The summed E-state index contributed by atoms with van der Waals surface area (Å²) in [5, 5.41) is 10.0. The van der Waals surface area contributed by atoms with Crippen molar-refractivity contribution in [2.75, 3.05) is 6.61 Å².